The number of para-hydroxylation sites is 2. The number of ether oxygens (including phenoxy) is 1. The van der Waals surface area contributed by atoms with Crippen LogP contribution >= 0.6 is 0 Å². The molecule has 6 nitrogen and oxygen atoms in total. The Morgan fingerprint density at radius 2 is 1.84 bits per heavy atom. The molecule has 166 valence electrons. The average molecular weight is 443 g/mol. The second kappa shape index (κ2) is 8.41. The molecule has 0 spiro atoms. The second-order valence-electron chi connectivity index (χ2n) is 7.20. The molecule has 0 fully saturated rings. The molecular weight excluding hydrogens is 423 g/mol. The van der Waals surface area contributed by atoms with Crippen LogP contribution in [0.1, 0.15) is 23.7 Å². The number of urea groups is 1. The SMILES string of the molecule is CCOC(=O)C1=CN(C(=O)Nc2ccccc2C(F)(F)F)CCc2c1[nH]c1ccccc21. The van der Waals surface area contributed by atoms with Crippen LogP contribution in [0.25, 0.3) is 16.5 Å². The van der Waals surface area contributed by atoms with Crippen LogP contribution in [0, 0.1) is 0 Å². The van der Waals surface area contributed by atoms with Gasteiger partial charge in [0, 0.05) is 23.6 Å². The van der Waals surface area contributed by atoms with Crippen molar-refractivity contribution in [1.82, 2.24) is 9.88 Å². The molecule has 0 saturated carbocycles. The fraction of sp³-hybridized carbons (Fsp3) is 0.217. The van der Waals surface area contributed by atoms with Gasteiger partial charge in [0.25, 0.3) is 0 Å². The maximum absolute atomic E-state index is 13.3. The van der Waals surface area contributed by atoms with E-state index < -0.39 is 23.7 Å². The van der Waals surface area contributed by atoms with Gasteiger partial charge >= 0.3 is 18.2 Å². The fourth-order valence-corrected chi connectivity index (χ4v) is 3.76. The molecule has 1 aliphatic rings. The molecule has 0 atom stereocenters. The number of fused-ring (bicyclic) bond motifs is 3. The Hall–Kier alpha value is -3.75. The van der Waals surface area contributed by atoms with Gasteiger partial charge in [0.15, 0.2) is 0 Å². The molecule has 32 heavy (non-hydrogen) atoms. The van der Waals surface area contributed by atoms with E-state index in [9.17, 15) is 22.8 Å². The summed E-state index contributed by atoms with van der Waals surface area (Å²) in [5, 5.41) is 3.23. The van der Waals surface area contributed by atoms with E-state index in [0.717, 1.165) is 22.5 Å². The molecule has 0 radical (unpaired) electrons. The van der Waals surface area contributed by atoms with Crippen molar-refractivity contribution < 1.29 is 27.5 Å². The Balaban J connectivity index is 1.71. The highest BCUT2D eigenvalue weighted by atomic mass is 19.4. The molecule has 0 unspecified atom stereocenters. The molecular formula is C23H20F3N3O3. The first-order valence-corrected chi connectivity index (χ1v) is 10.0. The summed E-state index contributed by atoms with van der Waals surface area (Å²) in [5.41, 5.74) is 1.04. The van der Waals surface area contributed by atoms with Gasteiger partial charge in [0.05, 0.1) is 29.1 Å². The third-order valence-electron chi connectivity index (χ3n) is 5.20. The van der Waals surface area contributed by atoms with Crippen molar-refractivity contribution in [3.05, 3.63) is 71.6 Å². The van der Waals surface area contributed by atoms with Gasteiger partial charge in [0.2, 0.25) is 0 Å². The predicted molar refractivity (Wildman–Crippen MR) is 114 cm³/mol. The van der Waals surface area contributed by atoms with Gasteiger partial charge in [-0.3, -0.25) is 4.90 Å². The van der Waals surface area contributed by atoms with E-state index >= 15 is 0 Å². The van der Waals surface area contributed by atoms with Crippen molar-refractivity contribution in [3.8, 4) is 0 Å². The van der Waals surface area contributed by atoms with Crippen LogP contribution in [0.2, 0.25) is 0 Å². The Morgan fingerprint density at radius 1 is 1.12 bits per heavy atom. The lowest BCUT2D eigenvalue weighted by Crippen LogP contribution is -2.32. The summed E-state index contributed by atoms with van der Waals surface area (Å²) in [4.78, 5) is 30.0. The third kappa shape index (κ3) is 4.05. The Labute approximate surface area is 181 Å². The highest BCUT2D eigenvalue weighted by Crippen LogP contribution is 2.35. The summed E-state index contributed by atoms with van der Waals surface area (Å²) >= 11 is 0. The Morgan fingerprint density at radius 3 is 2.59 bits per heavy atom. The van der Waals surface area contributed by atoms with Crippen LogP contribution < -0.4 is 5.32 Å². The van der Waals surface area contributed by atoms with Gasteiger partial charge < -0.3 is 15.0 Å². The van der Waals surface area contributed by atoms with Gasteiger partial charge in [-0.1, -0.05) is 30.3 Å². The van der Waals surface area contributed by atoms with Gasteiger partial charge in [-0.2, -0.15) is 13.2 Å². The lowest BCUT2D eigenvalue weighted by atomic mass is 10.0. The minimum absolute atomic E-state index is 0.134. The van der Waals surface area contributed by atoms with E-state index in [1.54, 1.807) is 6.92 Å². The third-order valence-corrected chi connectivity index (χ3v) is 5.20. The molecule has 0 aliphatic carbocycles. The average Bonchev–Trinajstić information content (AvgIpc) is 3.00. The molecule has 0 saturated heterocycles. The van der Waals surface area contributed by atoms with E-state index in [1.165, 1.54) is 29.3 Å². The van der Waals surface area contributed by atoms with Crippen LogP contribution in [0.4, 0.5) is 23.7 Å². The molecule has 4 rings (SSSR count). The number of hydrogen-bond acceptors (Lipinski definition) is 3. The monoisotopic (exact) mass is 443 g/mol. The largest absolute Gasteiger partial charge is 0.462 e. The molecule has 2 amide bonds. The van der Waals surface area contributed by atoms with E-state index in [2.05, 4.69) is 10.3 Å². The maximum atomic E-state index is 13.3. The molecule has 3 aromatic rings. The summed E-state index contributed by atoms with van der Waals surface area (Å²) in [6.07, 6.45) is -2.90. The van der Waals surface area contributed by atoms with E-state index in [4.69, 9.17) is 4.74 Å². The van der Waals surface area contributed by atoms with Crippen molar-refractivity contribution in [2.45, 2.75) is 19.5 Å². The van der Waals surface area contributed by atoms with Gasteiger partial charge in [-0.25, -0.2) is 9.59 Å². The molecule has 2 aromatic carbocycles. The number of rotatable bonds is 3. The normalized spacial score (nSPS) is 13.9. The van der Waals surface area contributed by atoms with Crippen molar-refractivity contribution >= 4 is 34.2 Å². The maximum Gasteiger partial charge on any atom is 0.418 e. The number of H-pyrrole nitrogens is 1. The van der Waals surface area contributed by atoms with Crippen molar-refractivity contribution in [3.63, 3.8) is 0 Å². The molecule has 1 aromatic heterocycles. The van der Waals surface area contributed by atoms with Gasteiger partial charge in [-0.05, 0) is 37.1 Å². The zero-order valence-corrected chi connectivity index (χ0v) is 17.1. The van der Waals surface area contributed by atoms with Crippen LogP contribution in [0.5, 0.6) is 0 Å². The predicted octanol–water partition coefficient (Wildman–Crippen LogP) is 5.18. The first kappa shape index (κ1) is 21.5. The molecule has 1 aliphatic heterocycles. The minimum atomic E-state index is -4.62. The topological polar surface area (TPSA) is 74.4 Å². The lowest BCUT2D eigenvalue weighted by molar-refractivity contribution is -0.137. The molecule has 0 bridgehead atoms. The zero-order valence-electron chi connectivity index (χ0n) is 17.1. The van der Waals surface area contributed by atoms with Crippen molar-refractivity contribution in [2.75, 3.05) is 18.5 Å². The first-order valence-electron chi connectivity index (χ1n) is 10.0. The fourth-order valence-electron chi connectivity index (χ4n) is 3.76. The summed E-state index contributed by atoms with van der Waals surface area (Å²) < 4.78 is 45.1. The standard InChI is InChI=1S/C23H20F3N3O3/c1-2-32-21(30)16-13-29(12-11-15-14-7-3-5-9-18(14)27-20(15)16)22(31)28-19-10-6-4-8-17(19)23(24,25)26/h3-10,13,27H,2,11-12H2,1H3,(H,28,31). The zero-order chi connectivity index (χ0) is 22.9. The van der Waals surface area contributed by atoms with Gasteiger partial charge in [-0.15, -0.1) is 0 Å². The number of amides is 2. The second-order valence-corrected chi connectivity index (χ2v) is 7.20. The van der Waals surface area contributed by atoms with E-state index in [1.807, 2.05) is 24.3 Å². The van der Waals surface area contributed by atoms with E-state index in [0.29, 0.717) is 12.1 Å². The van der Waals surface area contributed by atoms with Crippen LogP contribution in [-0.4, -0.2) is 35.0 Å². The quantitative estimate of drug-likeness (QED) is 0.548. The number of nitrogens with zero attached hydrogens (tertiary/aromatic N) is 1. The summed E-state index contributed by atoms with van der Waals surface area (Å²) in [6.45, 7) is 1.97. The first-order chi connectivity index (χ1) is 15.3. The highest BCUT2D eigenvalue weighted by Gasteiger charge is 2.34. The van der Waals surface area contributed by atoms with Gasteiger partial charge in [0.1, 0.15) is 0 Å². The Bertz CT molecular complexity index is 1210. The van der Waals surface area contributed by atoms with Crippen LogP contribution in [0.15, 0.2) is 54.7 Å². The Kier molecular flexibility index (Phi) is 5.65. The number of halogens is 3. The lowest BCUT2D eigenvalue weighted by Gasteiger charge is -2.20. The number of aromatic amines is 1. The molecule has 2 heterocycles. The van der Waals surface area contributed by atoms with E-state index in [-0.39, 0.29) is 24.4 Å². The summed E-state index contributed by atoms with van der Waals surface area (Å²) in [5.74, 6) is -0.629. The number of anilines is 1. The number of aromatic nitrogens is 1. The number of benzene rings is 2. The number of esters is 1. The summed E-state index contributed by atoms with van der Waals surface area (Å²) in [6, 6.07) is 11.5. The van der Waals surface area contributed by atoms with Crippen molar-refractivity contribution in [1.29, 1.82) is 0 Å². The summed E-state index contributed by atoms with van der Waals surface area (Å²) in [7, 11) is 0. The van der Waals surface area contributed by atoms with Crippen LogP contribution in [-0.2, 0) is 22.1 Å². The minimum Gasteiger partial charge on any atom is -0.462 e. The molecule has 9 heteroatoms. The number of nitrogens with one attached hydrogen (secondary N) is 2. The number of hydrogen-bond donors (Lipinski definition) is 2. The highest BCUT2D eigenvalue weighted by molar-refractivity contribution is 6.18. The smallest absolute Gasteiger partial charge is 0.418 e. The van der Waals surface area contributed by atoms with Crippen molar-refractivity contribution in [2.24, 2.45) is 0 Å². The molecule has 2 N–H and O–H groups in total. The number of alkyl halides is 3. The number of carbonyl (C=O) groups is 2. The number of carbonyl (C=O) groups excluding carboxylic acids is 2. The van der Waals surface area contributed by atoms with Crippen LogP contribution in [0.3, 0.4) is 0 Å².